The Hall–Kier alpha value is -2.69. The van der Waals surface area contributed by atoms with Crippen LogP contribution in [-0.4, -0.2) is 15.0 Å². The van der Waals surface area contributed by atoms with Crippen LogP contribution in [0.3, 0.4) is 0 Å². The molecule has 1 N–H and O–H groups in total. The summed E-state index contributed by atoms with van der Waals surface area (Å²) in [7, 11) is 0. The van der Waals surface area contributed by atoms with Crippen LogP contribution < -0.4 is 15.3 Å². The van der Waals surface area contributed by atoms with Crippen LogP contribution in [-0.2, 0) is 0 Å². The zero-order chi connectivity index (χ0) is 14.3. The number of H-pyrrole nitrogens is 1. The number of aromatic amines is 1. The van der Waals surface area contributed by atoms with Gasteiger partial charge in [-0.2, -0.15) is 0 Å². The molecule has 20 heavy (non-hydrogen) atoms. The van der Waals surface area contributed by atoms with E-state index in [0.717, 1.165) is 11.2 Å². The lowest BCUT2D eigenvalue weighted by Crippen LogP contribution is -2.27. The summed E-state index contributed by atoms with van der Waals surface area (Å²) in [5.74, 6) is -0.134. The van der Waals surface area contributed by atoms with Gasteiger partial charge in [0.1, 0.15) is 6.33 Å². The summed E-state index contributed by atoms with van der Waals surface area (Å²) < 4.78 is 19.9. The Kier molecular flexibility index (Phi) is 2.75. The zero-order valence-electron chi connectivity index (χ0n) is 10.9. The van der Waals surface area contributed by atoms with Crippen molar-refractivity contribution >= 4 is 24.1 Å². The van der Waals surface area contributed by atoms with Crippen molar-refractivity contribution in [2.24, 2.45) is 0 Å². The van der Waals surface area contributed by atoms with E-state index in [1.807, 2.05) is 6.92 Å². The highest BCUT2D eigenvalue weighted by Gasteiger charge is 2.12. The number of hydrogen-bond acceptors (Lipinski definition) is 3. The third-order valence-electron chi connectivity index (χ3n) is 3.04. The molecule has 0 atom stereocenters. The molecular formula is C15H12FN3O. The average molecular weight is 269 g/mol. The Morgan fingerprint density at radius 3 is 2.85 bits per heavy atom. The van der Waals surface area contributed by atoms with Gasteiger partial charge >= 0.3 is 0 Å². The second-order valence-corrected chi connectivity index (χ2v) is 4.50. The molecule has 0 saturated heterocycles. The van der Waals surface area contributed by atoms with Crippen molar-refractivity contribution in [3.63, 3.8) is 0 Å². The molecule has 0 aliphatic rings. The van der Waals surface area contributed by atoms with Gasteiger partial charge in [0.05, 0.1) is 10.6 Å². The molecule has 5 heteroatoms. The largest absolute Gasteiger partial charge is 0.435 e. The van der Waals surface area contributed by atoms with Crippen LogP contribution in [0.15, 0.2) is 24.5 Å². The Morgan fingerprint density at radius 2 is 2.05 bits per heavy atom. The van der Waals surface area contributed by atoms with E-state index in [-0.39, 0.29) is 11.6 Å². The molecule has 0 radical (unpaired) electrons. The van der Waals surface area contributed by atoms with Crippen molar-refractivity contribution in [3.8, 4) is 11.6 Å². The molecule has 0 aliphatic carbocycles. The van der Waals surface area contributed by atoms with Crippen molar-refractivity contribution in [3.05, 3.63) is 46.6 Å². The molecule has 100 valence electrons. The van der Waals surface area contributed by atoms with E-state index < -0.39 is 5.82 Å². The van der Waals surface area contributed by atoms with E-state index in [2.05, 4.69) is 28.1 Å². The number of nitrogens with one attached hydrogen (secondary N) is 1. The van der Waals surface area contributed by atoms with E-state index in [1.165, 1.54) is 6.33 Å². The Labute approximate surface area is 114 Å². The smallest absolute Gasteiger partial charge is 0.229 e. The number of halogens is 1. The highest BCUT2D eigenvalue weighted by molar-refractivity contribution is 5.82. The molecule has 0 spiro atoms. The van der Waals surface area contributed by atoms with Crippen LogP contribution in [0.5, 0.6) is 11.6 Å². The molecule has 3 rings (SSSR count). The van der Waals surface area contributed by atoms with E-state index in [1.54, 1.807) is 18.2 Å². The molecule has 2 aromatic heterocycles. The quantitative estimate of drug-likeness (QED) is 0.774. The van der Waals surface area contributed by atoms with Gasteiger partial charge in [0.2, 0.25) is 5.88 Å². The van der Waals surface area contributed by atoms with Crippen molar-refractivity contribution in [1.29, 1.82) is 0 Å². The summed E-state index contributed by atoms with van der Waals surface area (Å²) in [6.45, 7) is 9.35. The maximum absolute atomic E-state index is 14.4. The second kappa shape index (κ2) is 4.45. The van der Waals surface area contributed by atoms with Gasteiger partial charge in [-0.1, -0.05) is 13.2 Å². The standard InChI is InChI=1S/C15H12FN3O/c1-8-6-11-12(19-8)4-5-13(14(11)16)20-15-9(2)10(3)17-7-18-15/h4-7,19H,2-3H2,1H3. The Balaban J connectivity index is 2.11. The van der Waals surface area contributed by atoms with Crippen molar-refractivity contribution in [2.45, 2.75) is 6.92 Å². The number of fused-ring (bicyclic) bond motifs is 1. The third kappa shape index (κ3) is 1.93. The predicted octanol–water partition coefficient (Wildman–Crippen LogP) is 2.02. The number of rotatable bonds is 2. The first-order valence-corrected chi connectivity index (χ1v) is 6.01. The van der Waals surface area contributed by atoms with Gasteiger partial charge < -0.3 is 9.72 Å². The molecule has 0 saturated carbocycles. The topological polar surface area (TPSA) is 50.8 Å². The molecule has 0 aliphatic heterocycles. The van der Waals surface area contributed by atoms with Crippen LogP contribution in [0.25, 0.3) is 24.1 Å². The fourth-order valence-corrected chi connectivity index (χ4v) is 1.99. The molecule has 0 fully saturated rings. The van der Waals surface area contributed by atoms with Crippen LogP contribution in [0.1, 0.15) is 5.69 Å². The Morgan fingerprint density at radius 1 is 1.25 bits per heavy atom. The number of benzene rings is 1. The van der Waals surface area contributed by atoms with Crippen LogP contribution in [0.2, 0.25) is 0 Å². The van der Waals surface area contributed by atoms with Gasteiger partial charge in [0.25, 0.3) is 0 Å². The van der Waals surface area contributed by atoms with Crippen LogP contribution in [0.4, 0.5) is 4.39 Å². The lowest BCUT2D eigenvalue weighted by atomic mass is 10.2. The first kappa shape index (κ1) is 12.3. The number of aryl methyl sites for hydroxylation is 1. The molecule has 0 unspecified atom stereocenters. The molecule has 0 amide bonds. The number of hydrogen-bond donors (Lipinski definition) is 1. The van der Waals surface area contributed by atoms with Crippen molar-refractivity contribution < 1.29 is 9.13 Å². The van der Waals surface area contributed by atoms with Crippen molar-refractivity contribution in [1.82, 2.24) is 15.0 Å². The molecule has 2 heterocycles. The number of ether oxygens (including phenoxy) is 1. The first-order chi connectivity index (χ1) is 9.56. The molecule has 3 aromatic rings. The number of nitrogens with zero attached hydrogens (tertiary/aromatic N) is 2. The molecular weight excluding hydrogens is 257 g/mol. The van der Waals surface area contributed by atoms with E-state index in [9.17, 15) is 4.39 Å². The summed E-state index contributed by atoms with van der Waals surface area (Å²) in [6, 6.07) is 5.04. The maximum Gasteiger partial charge on any atom is 0.229 e. The summed E-state index contributed by atoms with van der Waals surface area (Å²) in [6.07, 6.45) is 1.31. The minimum absolute atomic E-state index is 0.0968. The molecule has 0 bridgehead atoms. The Bertz CT molecular complexity index is 901. The molecule has 1 aromatic carbocycles. The van der Waals surface area contributed by atoms with Crippen LogP contribution in [0, 0.1) is 12.7 Å². The highest BCUT2D eigenvalue weighted by Crippen LogP contribution is 2.28. The maximum atomic E-state index is 14.4. The summed E-state index contributed by atoms with van der Waals surface area (Å²) >= 11 is 0. The fourth-order valence-electron chi connectivity index (χ4n) is 1.99. The van der Waals surface area contributed by atoms with E-state index in [4.69, 9.17) is 4.74 Å². The second-order valence-electron chi connectivity index (χ2n) is 4.50. The van der Waals surface area contributed by atoms with Gasteiger partial charge in [0.15, 0.2) is 11.6 Å². The van der Waals surface area contributed by atoms with Gasteiger partial charge in [-0.15, -0.1) is 0 Å². The minimum atomic E-state index is -0.435. The number of aromatic nitrogens is 3. The van der Waals surface area contributed by atoms with Crippen LogP contribution >= 0.6 is 0 Å². The highest BCUT2D eigenvalue weighted by atomic mass is 19.1. The van der Waals surface area contributed by atoms with Crippen molar-refractivity contribution in [2.75, 3.05) is 0 Å². The minimum Gasteiger partial charge on any atom is -0.435 e. The predicted molar refractivity (Wildman–Crippen MR) is 75.4 cm³/mol. The zero-order valence-corrected chi connectivity index (χ0v) is 10.9. The third-order valence-corrected chi connectivity index (χ3v) is 3.04. The SMILES string of the molecule is C=c1ncnc(Oc2ccc3[nH]c(C)cc3c2F)c1=C. The monoisotopic (exact) mass is 269 g/mol. The fraction of sp³-hybridized carbons (Fsp3) is 0.0667. The summed E-state index contributed by atoms with van der Waals surface area (Å²) in [5.41, 5.74) is 1.61. The van der Waals surface area contributed by atoms with Gasteiger partial charge in [-0.3, -0.25) is 0 Å². The van der Waals surface area contributed by atoms with Gasteiger partial charge in [0, 0.05) is 16.6 Å². The average Bonchev–Trinajstić information content (AvgIpc) is 2.80. The van der Waals surface area contributed by atoms with E-state index >= 15 is 0 Å². The van der Waals surface area contributed by atoms with E-state index in [0.29, 0.717) is 16.0 Å². The first-order valence-electron chi connectivity index (χ1n) is 6.01. The van der Waals surface area contributed by atoms with Gasteiger partial charge in [-0.05, 0) is 25.1 Å². The lowest BCUT2D eigenvalue weighted by Gasteiger charge is -2.06. The lowest BCUT2D eigenvalue weighted by molar-refractivity contribution is 0.425. The summed E-state index contributed by atoms with van der Waals surface area (Å²) in [5, 5.41) is 1.38. The normalized spacial score (nSPS) is 10.9. The molecule has 4 nitrogen and oxygen atoms in total. The van der Waals surface area contributed by atoms with Gasteiger partial charge in [-0.25, -0.2) is 14.4 Å². The summed E-state index contributed by atoms with van der Waals surface area (Å²) in [4.78, 5) is 10.9.